The number of sulfonamides is 1. The Bertz CT molecular complexity index is 497. The fourth-order valence-electron chi connectivity index (χ4n) is 3.08. The fraction of sp³-hybridized carbons (Fsp3) is 0.929. The van der Waals surface area contributed by atoms with Crippen LogP contribution in [0, 0.1) is 5.92 Å². The predicted octanol–water partition coefficient (Wildman–Crippen LogP) is 1.44. The number of hydrogen-bond donors (Lipinski definition) is 1. The number of rotatable bonds is 4. The van der Waals surface area contributed by atoms with Crippen LogP contribution in [0.15, 0.2) is 4.99 Å². The Morgan fingerprint density at radius 1 is 1.09 bits per heavy atom. The van der Waals surface area contributed by atoms with Crippen LogP contribution in [-0.4, -0.2) is 62.1 Å². The van der Waals surface area contributed by atoms with Crippen molar-refractivity contribution in [2.45, 2.75) is 44.3 Å². The highest BCUT2D eigenvalue weighted by atomic mass is 32.2. The molecule has 0 bridgehead atoms. The molecule has 2 heterocycles. The number of hydrogen-bond acceptors (Lipinski definition) is 3. The highest BCUT2D eigenvalue weighted by molar-refractivity contribution is 7.89. The molecule has 2 aliphatic rings. The molecule has 0 aromatic carbocycles. The van der Waals surface area contributed by atoms with Gasteiger partial charge in [0, 0.05) is 32.7 Å². The van der Waals surface area contributed by atoms with Crippen molar-refractivity contribution in [3.63, 3.8) is 0 Å². The van der Waals surface area contributed by atoms with E-state index in [1.807, 2.05) is 0 Å². The minimum absolute atomic E-state index is 0.135. The minimum atomic E-state index is -4.44. The third kappa shape index (κ3) is 5.00. The summed E-state index contributed by atoms with van der Waals surface area (Å²) < 4.78 is 48.8. The smallest absolute Gasteiger partial charge is 0.350 e. The molecule has 0 amide bonds. The number of likely N-dealkylation sites (tertiary alicyclic amines) is 1. The van der Waals surface area contributed by atoms with Gasteiger partial charge in [-0.25, -0.2) is 8.42 Å². The van der Waals surface area contributed by atoms with Gasteiger partial charge in [0.05, 0.1) is 0 Å². The standard InChI is InChI=1S/C14H26F2N4O2S/c15-13(16)23(21,22)20-9-5-12(6-10-20)11-18-14(17)19-7-3-1-2-4-8-19/h12-13H,1-11H2,(H2,17,18). The van der Waals surface area contributed by atoms with Gasteiger partial charge in [-0.1, -0.05) is 12.8 Å². The number of aliphatic imine (C=N–C) groups is 1. The Kier molecular flexibility index (Phi) is 6.58. The van der Waals surface area contributed by atoms with E-state index in [2.05, 4.69) is 9.89 Å². The average Bonchev–Trinajstić information content (AvgIpc) is 2.82. The molecule has 2 fully saturated rings. The maximum atomic E-state index is 12.5. The van der Waals surface area contributed by atoms with Gasteiger partial charge in [-0.2, -0.15) is 13.1 Å². The molecule has 2 aliphatic heterocycles. The fourth-order valence-corrected chi connectivity index (χ4v) is 4.03. The molecule has 0 aromatic rings. The Hall–Kier alpha value is -0.960. The molecule has 0 atom stereocenters. The number of nitrogens with two attached hydrogens (primary N) is 1. The summed E-state index contributed by atoms with van der Waals surface area (Å²) in [5.41, 5.74) is 6.04. The molecule has 23 heavy (non-hydrogen) atoms. The highest BCUT2D eigenvalue weighted by Crippen LogP contribution is 2.22. The van der Waals surface area contributed by atoms with Crippen LogP contribution >= 0.6 is 0 Å². The van der Waals surface area contributed by atoms with Crippen LogP contribution in [0.1, 0.15) is 38.5 Å². The van der Waals surface area contributed by atoms with Crippen LogP contribution in [0.5, 0.6) is 0 Å². The first kappa shape index (κ1) is 18.4. The van der Waals surface area contributed by atoms with E-state index in [9.17, 15) is 17.2 Å². The lowest BCUT2D eigenvalue weighted by atomic mass is 9.98. The maximum Gasteiger partial charge on any atom is 0.350 e. The SMILES string of the molecule is NC(=NCC1CCN(S(=O)(=O)C(F)F)CC1)N1CCCCCC1. The Labute approximate surface area is 136 Å². The number of guanidine groups is 1. The van der Waals surface area contributed by atoms with Crippen LogP contribution in [0.2, 0.25) is 0 Å². The molecule has 2 N–H and O–H groups in total. The highest BCUT2D eigenvalue weighted by Gasteiger charge is 2.34. The van der Waals surface area contributed by atoms with E-state index in [0.29, 0.717) is 25.3 Å². The first-order valence-electron chi connectivity index (χ1n) is 8.23. The van der Waals surface area contributed by atoms with Crippen LogP contribution < -0.4 is 5.73 Å². The lowest BCUT2D eigenvalue weighted by Gasteiger charge is -2.30. The van der Waals surface area contributed by atoms with E-state index in [-0.39, 0.29) is 19.0 Å². The zero-order valence-electron chi connectivity index (χ0n) is 13.3. The second kappa shape index (κ2) is 8.23. The average molecular weight is 352 g/mol. The summed E-state index contributed by atoms with van der Waals surface area (Å²) in [7, 11) is -4.44. The van der Waals surface area contributed by atoms with E-state index >= 15 is 0 Å². The number of alkyl halides is 2. The number of halogens is 2. The van der Waals surface area contributed by atoms with Crippen molar-refractivity contribution in [1.29, 1.82) is 0 Å². The minimum Gasteiger partial charge on any atom is -0.370 e. The molecule has 0 spiro atoms. The molecule has 2 saturated heterocycles. The molecule has 134 valence electrons. The number of nitrogens with zero attached hydrogens (tertiary/aromatic N) is 3. The van der Waals surface area contributed by atoms with Crippen molar-refractivity contribution >= 4 is 16.0 Å². The van der Waals surface area contributed by atoms with Gasteiger partial charge in [0.15, 0.2) is 5.96 Å². The summed E-state index contributed by atoms with van der Waals surface area (Å²) in [4.78, 5) is 6.54. The quantitative estimate of drug-likeness (QED) is 0.613. The first-order valence-corrected chi connectivity index (χ1v) is 9.73. The molecule has 9 heteroatoms. The van der Waals surface area contributed by atoms with Crippen molar-refractivity contribution in [3.05, 3.63) is 0 Å². The van der Waals surface area contributed by atoms with Crippen molar-refractivity contribution in [1.82, 2.24) is 9.21 Å². The first-order chi connectivity index (χ1) is 10.9. The Morgan fingerprint density at radius 2 is 1.65 bits per heavy atom. The lowest BCUT2D eigenvalue weighted by Crippen LogP contribution is -2.42. The van der Waals surface area contributed by atoms with Gasteiger partial charge in [-0.15, -0.1) is 0 Å². The summed E-state index contributed by atoms with van der Waals surface area (Å²) >= 11 is 0. The summed E-state index contributed by atoms with van der Waals surface area (Å²) in [5, 5.41) is 0. The molecule has 0 aromatic heterocycles. The van der Waals surface area contributed by atoms with Crippen LogP contribution in [-0.2, 0) is 10.0 Å². The van der Waals surface area contributed by atoms with Crippen molar-refractivity contribution in [2.75, 3.05) is 32.7 Å². The maximum absolute atomic E-state index is 12.5. The van der Waals surface area contributed by atoms with Crippen LogP contribution in [0.4, 0.5) is 8.78 Å². The van der Waals surface area contributed by atoms with E-state index in [0.717, 1.165) is 30.2 Å². The molecule has 2 rings (SSSR count). The van der Waals surface area contributed by atoms with Gasteiger partial charge in [0.2, 0.25) is 0 Å². The van der Waals surface area contributed by atoms with Gasteiger partial charge in [0.25, 0.3) is 10.0 Å². The molecule has 0 aliphatic carbocycles. The topological polar surface area (TPSA) is 79.0 Å². The van der Waals surface area contributed by atoms with Gasteiger partial charge >= 0.3 is 5.76 Å². The lowest BCUT2D eigenvalue weighted by molar-refractivity contribution is 0.205. The van der Waals surface area contributed by atoms with Gasteiger partial charge < -0.3 is 10.6 Å². The van der Waals surface area contributed by atoms with Crippen molar-refractivity contribution in [3.8, 4) is 0 Å². The largest absolute Gasteiger partial charge is 0.370 e. The van der Waals surface area contributed by atoms with Crippen molar-refractivity contribution < 1.29 is 17.2 Å². The summed E-state index contributed by atoms with van der Waals surface area (Å²) in [5.74, 6) is -2.59. The van der Waals surface area contributed by atoms with E-state index in [4.69, 9.17) is 5.73 Å². The summed E-state index contributed by atoms with van der Waals surface area (Å²) in [6.07, 6.45) is 5.79. The monoisotopic (exact) mass is 352 g/mol. The van der Waals surface area contributed by atoms with Gasteiger partial charge in [-0.3, -0.25) is 4.99 Å². The second-order valence-electron chi connectivity index (χ2n) is 6.25. The van der Waals surface area contributed by atoms with Crippen LogP contribution in [0.25, 0.3) is 0 Å². The predicted molar refractivity (Wildman–Crippen MR) is 85.8 cm³/mol. The third-order valence-corrected chi connectivity index (χ3v) is 6.14. The zero-order valence-corrected chi connectivity index (χ0v) is 14.1. The second-order valence-corrected chi connectivity index (χ2v) is 8.15. The Morgan fingerprint density at radius 3 is 2.17 bits per heavy atom. The molecular weight excluding hydrogens is 326 g/mol. The Balaban J connectivity index is 1.81. The van der Waals surface area contributed by atoms with Crippen LogP contribution in [0.3, 0.4) is 0 Å². The molecular formula is C14H26F2N4O2S. The van der Waals surface area contributed by atoms with Gasteiger partial charge in [-0.05, 0) is 31.6 Å². The molecule has 6 nitrogen and oxygen atoms in total. The molecule has 0 saturated carbocycles. The zero-order chi connectivity index (χ0) is 16.9. The van der Waals surface area contributed by atoms with E-state index < -0.39 is 15.8 Å². The van der Waals surface area contributed by atoms with Gasteiger partial charge in [0.1, 0.15) is 0 Å². The van der Waals surface area contributed by atoms with Crippen molar-refractivity contribution in [2.24, 2.45) is 16.6 Å². The summed E-state index contributed by atoms with van der Waals surface area (Å²) in [6.45, 7) is 2.67. The number of piperidine rings is 1. The molecule has 0 unspecified atom stereocenters. The summed E-state index contributed by atoms with van der Waals surface area (Å²) in [6, 6.07) is 0. The van der Waals surface area contributed by atoms with E-state index in [1.54, 1.807) is 0 Å². The third-order valence-electron chi connectivity index (χ3n) is 4.60. The van der Waals surface area contributed by atoms with E-state index in [1.165, 1.54) is 12.8 Å². The normalized spacial score (nSPS) is 23.3. The molecule has 0 radical (unpaired) electrons.